The Morgan fingerprint density at radius 3 is 2.82 bits per heavy atom. The molecule has 0 saturated carbocycles. The number of carbonyl (C=O) groups excluding carboxylic acids is 1. The zero-order chi connectivity index (χ0) is 15.3. The van der Waals surface area contributed by atoms with Crippen molar-refractivity contribution >= 4 is 22.5 Å². The van der Waals surface area contributed by atoms with Gasteiger partial charge in [0.1, 0.15) is 11.6 Å². The molecule has 2 saturated heterocycles. The second-order valence-electron chi connectivity index (χ2n) is 5.88. The van der Waals surface area contributed by atoms with Gasteiger partial charge in [0.25, 0.3) is 5.91 Å². The molecular weight excluding hydrogens is 280 g/mol. The number of nitrogens with one attached hydrogen (secondary N) is 1. The van der Waals surface area contributed by atoms with Gasteiger partial charge in [-0.1, -0.05) is 0 Å². The lowest BCUT2D eigenvalue weighted by Crippen LogP contribution is -2.68. The number of hydrogen-bond donors (Lipinski definition) is 2. The molecule has 4 rings (SSSR count). The lowest BCUT2D eigenvalue weighted by molar-refractivity contribution is 0.0997. The largest absolute Gasteiger partial charge is 0.496 e. The number of nitrogens with zero attached hydrogens (tertiary/aromatic N) is 2. The van der Waals surface area contributed by atoms with Gasteiger partial charge in [0.05, 0.1) is 12.7 Å². The minimum atomic E-state index is -0.484. The summed E-state index contributed by atoms with van der Waals surface area (Å²) in [4.78, 5) is 18.5. The van der Waals surface area contributed by atoms with Crippen LogP contribution in [0.4, 0.5) is 5.82 Å². The standard InChI is InChI=1S/C16H18N4O2/c1-22-14-6-12-9(4-13(14)15(17)21)2-3-19-16(12)20-10-5-11(20)8-18-7-10/h2-4,6,10-11,18H,5,7-8H2,1H3,(H2,17,21). The maximum atomic E-state index is 11.6. The molecule has 2 aromatic rings. The van der Waals surface area contributed by atoms with Crippen molar-refractivity contribution in [1.29, 1.82) is 0 Å². The van der Waals surface area contributed by atoms with Crippen molar-refractivity contribution in [2.24, 2.45) is 5.73 Å². The van der Waals surface area contributed by atoms with E-state index in [1.54, 1.807) is 19.4 Å². The molecule has 1 amide bonds. The molecule has 6 nitrogen and oxygen atoms in total. The van der Waals surface area contributed by atoms with Gasteiger partial charge in [0, 0.05) is 36.8 Å². The molecule has 22 heavy (non-hydrogen) atoms. The highest BCUT2D eigenvalue weighted by Gasteiger charge is 2.42. The molecule has 2 aliphatic rings. The smallest absolute Gasteiger partial charge is 0.252 e. The van der Waals surface area contributed by atoms with Crippen molar-refractivity contribution in [3.63, 3.8) is 0 Å². The molecule has 3 N–H and O–H groups in total. The number of rotatable bonds is 3. The van der Waals surface area contributed by atoms with Gasteiger partial charge in [-0.2, -0.15) is 0 Å². The fraction of sp³-hybridized carbons (Fsp3) is 0.375. The van der Waals surface area contributed by atoms with E-state index in [4.69, 9.17) is 10.5 Å². The minimum absolute atomic E-state index is 0.401. The maximum absolute atomic E-state index is 11.6. The Kier molecular flexibility index (Phi) is 2.94. The number of methoxy groups -OCH3 is 1. The first-order valence-electron chi connectivity index (χ1n) is 7.44. The number of benzene rings is 1. The third-order valence-electron chi connectivity index (χ3n) is 4.66. The number of carbonyl (C=O) groups is 1. The number of piperazine rings is 1. The van der Waals surface area contributed by atoms with Gasteiger partial charge in [-0.3, -0.25) is 4.79 Å². The predicted octanol–water partition coefficient (Wildman–Crippen LogP) is 0.893. The van der Waals surface area contributed by atoms with Crippen molar-refractivity contribution in [3.05, 3.63) is 30.0 Å². The van der Waals surface area contributed by atoms with Crippen LogP contribution in [0.25, 0.3) is 10.8 Å². The average Bonchev–Trinajstić information content (AvgIpc) is 2.54. The number of aromatic nitrogens is 1. The van der Waals surface area contributed by atoms with E-state index in [-0.39, 0.29) is 0 Å². The molecule has 3 heterocycles. The molecule has 2 atom stereocenters. The van der Waals surface area contributed by atoms with Crippen molar-refractivity contribution in [2.75, 3.05) is 25.1 Å². The van der Waals surface area contributed by atoms with Gasteiger partial charge >= 0.3 is 0 Å². The second kappa shape index (κ2) is 4.84. The van der Waals surface area contributed by atoms with Crippen LogP contribution in [0, 0.1) is 0 Å². The molecular formula is C16H18N4O2. The number of nitrogens with two attached hydrogens (primary N) is 1. The summed E-state index contributed by atoms with van der Waals surface area (Å²) in [5.74, 6) is 0.981. The average molecular weight is 298 g/mol. The summed E-state index contributed by atoms with van der Waals surface area (Å²) in [5.41, 5.74) is 5.84. The van der Waals surface area contributed by atoms with Crippen LogP contribution in [0.15, 0.2) is 24.4 Å². The Balaban J connectivity index is 1.88. The van der Waals surface area contributed by atoms with Gasteiger partial charge in [-0.05, 0) is 30.0 Å². The molecule has 6 heteroatoms. The first-order valence-corrected chi connectivity index (χ1v) is 7.44. The van der Waals surface area contributed by atoms with E-state index < -0.39 is 5.91 Å². The van der Waals surface area contributed by atoms with Crippen LogP contribution in [-0.2, 0) is 0 Å². The van der Waals surface area contributed by atoms with Crippen LogP contribution >= 0.6 is 0 Å². The fourth-order valence-corrected chi connectivity index (χ4v) is 3.58. The van der Waals surface area contributed by atoms with E-state index in [2.05, 4.69) is 15.2 Å². The number of amides is 1. The fourth-order valence-electron chi connectivity index (χ4n) is 3.58. The van der Waals surface area contributed by atoms with Crippen molar-refractivity contribution in [2.45, 2.75) is 18.5 Å². The zero-order valence-corrected chi connectivity index (χ0v) is 12.4. The molecule has 1 aromatic heterocycles. The molecule has 1 aromatic carbocycles. The first-order chi connectivity index (χ1) is 10.7. The lowest BCUT2D eigenvalue weighted by atomic mass is 9.88. The number of anilines is 1. The van der Waals surface area contributed by atoms with E-state index in [1.165, 1.54) is 6.42 Å². The van der Waals surface area contributed by atoms with Crippen LogP contribution in [0.5, 0.6) is 5.75 Å². The van der Waals surface area contributed by atoms with Crippen LogP contribution < -0.4 is 20.7 Å². The number of hydrogen-bond acceptors (Lipinski definition) is 5. The Hall–Kier alpha value is -2.34. The highest BCUT2D eigenvalue weighted by molar-refractivity contribution is 6.03. The normalized spacial score (nSPS) is 23.2. The summed E-state index contributed by atoms with van der Waals surface area (Å²) in [7, 11) is 1.55. The maximum Gasteiger partial charge on any atom is 0.252 e. The molecule has 0 spiro atoms. The number of piperidine rings is 1. The van der Waals surface area contributed by atoms with Crippen LogP contribution in [0.1, 0.15) is 16.8 Å². The van der Waals surface area contributed by atoms with Gasteiger partial charge in [0.15, 0.2) is 0 Å². The number of ether oxygens (including phenoxy) is 1. The van der Waals surface area contributed by atoms with E-state index in [0.717, 1.165) is 29.7 Å². The summed E-state index contributed by atoms with van der Waals surface area (Å²) >= 11 is 0. The SMILES string of the molecule is COc1cc2c(N3C4CNCC3C4)nccc2cc1C(N)=O. The van der Waals surface area contributed by atoms with Crippen LogP contribution in [-0.4, -0.2) is 43.2 Å². The van der Waals surface area contributed by atoms with Crippen LogP contribution in [0.2, 0.25) is 0 Å². The quantitative estimate of drug-likeness (QED) is 0.880. The molecule has 2 bridgehead atoms. The third-order valence-corrected chi connectivity index (χ3v) is 4.66. The summed E-state index contributed by atoms with van der Waals surface area (Å²) in [6.07, 6.45) is 3.00. The highest BCUT2D eigenvalue weighted by atomic mass is 16.5. The Morgan fingerprint density at radius 2 is 2.18 bits per heavy atom. The number of fused-ring (bicyclic) bond motifs is 3. The summed E-state index contributed by atoms with van der Waals surface area (Å²) in [6, 6.07) is 6.56. The van der Waals surface area contributed by atoms with Crippen molar-refractivity contribution in [3.8, 4) is 5.75 Å². The lowest BCUT2D eigenvalue weighted by Gasteiger charge is -2.54. The van der Waals surface area contributed by atoms with Gasteiger partial charge in [-0.15, -0.1) is 0 Å². The third kappa shape index (κ3) is 1.84. The van der Waals surface area contributed by atoms with E-state index in [0.29, 0.717) is 23.4 Å². The molecule has 2 unspecified atom stereocenters. The summed E-state index contributed by atoms with van der Waals surface area (Å²) < 4.78 is 5.34. The monoisotopic (exact) mass is 298 g/mol. The van der Waals surface area contributed by atoms with E-state index in [1.807, 2.05) is 12.1 Å². The number of primary amides is 1. The topological polar surface area (TPSA) is 80.5 Å². The van der Waals surface area contributed by atoms with E-state index >= 15 is 0 Å². The van der Waals surface area contributed by atoms with Crippen molar-refractivity contribution in [1.82, 2.24) is 10.3 Å². The summed E-state index contributed by atoms with van der Waals surface area (Å²) in [5, 5.41) is 5.38. The van der Waals surface area contributed by atoms with Crippen LogP contribution in [0.3, 0.4) is 0 Å². The summed E-state index contributed by atoms with van der Waals surface area (Å²) in [6.45, 7) is 1.98. The predicted molar refractivity (Wildman–Crippen MR) is 84.4 cm³/mol. The molecule has 0 aliphatic carbocycles. The molecule has 0 radical (unpaired) electrons. The van der Waals surface area contributed by atoms with Gasteiger partial charge in [0.2, 0.25) is 0 Å². The van der Waals surface area contributed by atoms with Crippen molar-refractivity contribution < 1.29 is 9.53 Å². The first kappa shape index (κ1) is 13.3. The minimum Gasteiger partial charge on any atom is -0.496 e. The Morgan fingerprint density at radius 1 is 1.41 bits per heavy atom. The number of pyridine rings is 1. The molecule has 114 valence electrons. The van der Waals surface area contributed by atoms with E-state index in [9.17, 15) is 4.79 Å². The second-order valence-corrected chi connectivity index (χ2v) is 5.88. The Labute approximate surface area is 128 Å². The van der Waals surface area contributed by atoms with Gasteiger partial charge < -0.3 is 20.7 Å². The highest BCUT2D eigenvalue weighted by Crippen LogP contribution is 2.38. The zero-order valence-electron chi connectivity index (χ0n) is 12.4. The van der Waals surface area contributed by atoms with Gasteiger partial charge in [-0.25, -0.2) is 4.98 Å². The molecule has 2 fully saturated rings. The molecule has 2 aliphatic heterocycles. The Bertz CT molecular complexity index is 747.